The normalized spacial score (nSPS) is 24.9. The lowest BCUT2D eigenvalue weighted by Gasteiger charge is -2.22. The van der Waals surface area contributed by atoms with Crippen molar-refractivity contribution in [2.24, 2.45) is 0 Å². The van der Waals surface area contributed by atoms with Crippen LogP contribution < -0.4 is 31.5 Å². The lowest BCUT2D eigenvalue weighted by molar-refractivity contribution is -0.137. The molecule has 0 saturated carbocycles. The molecule has 1 unspecified atom stereocenters. The number of aliphatic hydroxyl groups is 2. The van der Waals surface area contributed by atoms with Crippen LogP contribution in [0.2, 0.25) is 0 Å². The van der Waals surface area contributed by atoms with Gasteiger partial charge in [0.05, 0.1) is 6.33 Å². The van der Waals surface area contributed by atoms with Crippen LogP contribution in [-0.2, 0) is 9.53 Å². The van der Waals surface area contributed by atoms with Crippen molar-refractivity contribution < 1.29 is 24.5 Å². The van der Waals surface area contributed by atoms with Crippen molar-refractivity contribution in [1.29, 1.82) is 0 Å². The second kappa shape index (κ2) is 15.0. The zero-order chi connectivity index (χ0) is 34.6. The minimum atomic E-state index is -1.45. The average molecular weight is 685 g/mol. The molecule has 3 amide bonds. The van der Waals surface area contributed by atoms with Gasteiger partial charge in [-0.15, -0.1) is 0 Å². The molecule has 264 valence electrons. The van der Waals surface area contributed by atoms with Gasteiger partial charge >= 0.3 is 6.03 Å². The van der Waals surface area contributed by atoms with E-state index in [0.717, 1.165) is 30.6 Å². The maximum atomic E-state index is 12.7. The summed E-state index contributed by atoms with van der Waals surface area (Å²) in [5.74, 6) is 0.378. The number of hydrogen-bond acceptors (Lipinski definition) is 11. The molecule has 0 aliphatic carbocycles. The monoisotopic (exact) mass is 684 g/mol. The first kappa shape index (κ1) is 33.7. The van der Waals surface area contributed by atoms with E-state index in [1.54, 1.807) is 11.5 Å². The highest BCUT2D eigenvalue weighted by atomic mass is 16.6. The van der Waals surface area contributed by atoms with Crippen molar-refractivity contribution >= 4 is 34.9 Å². The van der Waals surface area contributed by atoms with Gasteiger partial charge in [-0.1, -0.05) is 60.7 Å². The van der Waals surface area contributed by atoms with Crippen LogP contribution in [0.1, 0.15) is 43.0 Å². The van der Waals surface area contributed by atoms with Gasteiger partial charge in [0.1, 0.15) is 12.2 Å². The maximum absolute atomic E-state index is 12.7. The molecule has 5 heterocycles. The molecular weight excluding hydrogens is 640 g/mol. The summed E-state index contributed by atoms with van der Waals surface area (Å²) >= 11 is 0. The first-order valence-corrected chi connectivity index (χ1v) is 17.3. The Morgan fingerprint density at radius 2 is 1.70 bits per heavy atom. The summed E-state index contributed by atoms with van der Waals surface area (Å²) in [6.45, 7) is 5.36. The number of imidazole rings is 1. The summed E-state index contributed by atoms with van der Waals surface area (Å²) in [4.78, 5) is 41.9. The smallest absolute Gasteiger partial charge is 0.315 e. The Bertz CT molecular complexity index is 1730. The van der Waals surface area contributed by atoms with Crippen LogP contribution in [0.5, 0.6) is 0 Å². The lowest BCUT2D eigenvalue weighted by Crippen LogP contribution is -2.47. The number of urea groups is 1. The molecule has 0 bridgehead atoms. The molecule has 6 atom stereocenters. The minimum Gasteiger partial charge on any atom is -0.387 e. The van der Waals surface area contributed by atoms with Crippen molar-refractivity contribution in [3.63, 3.8) is 0 Å². The predicted molar refractivity (Wildman–Crippen MR) is 187 cm³/mol. The predicted octanol–water partition coefficient (Wildman–Crippen LogP) is 1.07. The summed E-state index contributed by atoms with van der Waals surface area (Å²) in [6.07, 6.45) is -2.16. The van der Waals surface area contributed by atoms with E-state index >= 15 is 0 Å². The number of rotatable bonds is 11. The summed E-state index contributed by atoms with van der Waals surface area (Å²) in [7, 11) is 0. The highest BCUT2D eigenvalue weighted by Crippen LogP contribution is 2.34. The number of benzene rings is 2. The third-order valence-corrected chi connectivity index (χ3v) is 9.61. The fourth-order valence-corrected chi connectivity index (χ4v) is 6.98. The molecule has 2 aromatic carbocycles. The third-order valence-electron chi connectivity index (χ3n) is 9.61. The Kier molecular flexibility index (Phi) is 10.1. The minimum absolute atomic E-state index is 0.00475. The number of hydrogen-bond donors (Lipinski definition) is 7. The maximum Gasteiger partial charge on any atom is 0.315 e. The number of nitrogens with zero attached hydrogens (tertiary/aromatic N) is 5. The topological polar surface area (TPSA) is 191 Å². The first-order chi connectivity index (χ1) is 24.4. The molecule has 7 N–H and O–H groups in total. The van der Waals surface area contributed by atoms with E-state index in [9.17, 15) is 19.8 Å². The summed E-state index contributed by atoms with van der Waals surface area (Å²) < 4.78 is 7.49. The lowest BCUT2D eigenvalue weighted by atomic mass is 9.91. The number of likely N-dealkylation sites (N-methyl/N-ethyl adjacent to an activating group) is 1. The quantitative estimate of drug-likeness (QED) is 0.120. The molecule has 3 saturated heterocycles. The molecule has 0 spiro atoms. The molecule has 4 aromatic rings. The fourth-order valence-electron chi connectivity index (χ4n) is 6.98. The van der Waals surface area contributed by atoms with E-state index in [2.05, 4.69) is 55.8 Å². The van der Waals surface area contributed by atoms with Crippen molar-refractivity contribution in [2.75, 3.05) is 49.5 Å². The highest BCUT2D eigenvalue weighted by molar-refractivity contribution is 5.85. The second-order valence-corrected chi connectivity index (χ2v) is 13.0. The van der Waals surface area contributed by atoms with Crippen LogP contribution in [0, 0.1) is 0 Å². The van der Waals surface area contributed by atoms with Crippen LogP contribution >= 0.6 is 0 Å². The van der Waals surface area contributed by atoms with Crippen molar-refractivity contribution in [1.82, 2.24) is 40.8 Å². The number of anilines is 2. The standard InChI is InChI=1S/C35H44N10O5/c1-2-37-32(48)29-27(46)28(47)33(50-29)45-20-39-26-30(38-18-25(21-9-5-3-6-10-21)22-11-7-4-8-12-22)42-34(43-31(26)45)44-16-14-24(19-44)41-35(49)40-23-13-15-36-17-23/h3-12,20,23-25,27-29,33,36,46-47H,2,13-19H2,1H3,(H,37,48)(H,38,42,43)(H2,40,41,49)/t23?,24-,27+,28-,29+,33-/m1/s1. The number of carbonyl (C=O) groups is 2. The Morgan fingerprint density at radius 1 is 0.980 bits per heavy atom. The van der Waals surface area contributed by atoms with Crippen molar-refractivity contribution in [2.45, 2.75) is 62.3 Å². The summed E-state index contributed by atoms with van der Waals surface area (Å²) in [6, 6.07) is 20.3. The first-order valence-electron chi connectivity index (χ1n) is 17.3. The highest BCUT2D eigenvalue weighted by Gasteiger charge is 2.48. The van der Waals surface area contributed by atoms with Gasteiger partial charge in [-0.05, 0) is 37.4 Å². The number of ether oxygens (including phenoxy) is 1. The van der Waals surface area contributed by atoms with Crippen molar-refractivity contribution in [3.05, 3.63) is 78.1 Å². The van der Waals surface area contributed by atoms with E-state index in [1.807, 2.05) is 41.3 Å². The Labute approximate surface area is 289 Å². The number of carbonyl (C=O) groups excluding carboxylic acids is 2. The number of aliphatic hydroxyl groups excluding tert-OH is 2. The Morgan fingerprint density at radius 3 is 2.38 bits per heavy atom. The average Bonchev–Trinajstić information content (AvgIpc) is 3.95. The number of amides is 3. The summed E-state index contributed by atoms with van der Waals surface area (Å²) in [5.41, 5.74) is 3.08. The molecule has 2 aromatic heterocycles. The van der Waals surface area contributed by atoms with E-state index in [4.69, 9.17) is 14.7 Å². The van der Waals surface area contributed by atoms with Gasteiger partial charge in [0.2, 0.25) is 5.95 Å². The van der Waals surface area contributed by atoms with Gasteiger partial charge in [-0.2, -0.15) is 9.97 Å². The van der Waals surface area contributed by atoms with Gasteiger partial charge < -0.3 is 46.4 Å². The zero-order valence-electron chi connectivity index (χ0n) is 27.9. The largest absolute Gasteiger partial charge is 0.387 e. The van der Waals surface area contributed by atoms with Gasteiger partial charge in [0.25, 0.3) is 5.91 Å². The van der Waals surface area contributed by atoms with Crippen LogP contribution in [-0.4, -0.2) is 111 Å². The van der Waals surface area contributed by atoms with Crippen molar-refractivity contribution in [3.8, 4) is 0 Å². The number of fused-ring (bicyclic) bond motifs is 1. The van der Waals surface area contributed by atoms with Gasteiger partial charge in [-0.3, -0.25) is 9.36 Å². The van der Waals surface area contributed by atoms with Gasteiger partial charge in [0.15, 0.2) is 29.3 Å². The molecule has 3 aliphatic heterocycles. The molecule has 3 aliphatic rings. The summed E-state index contributed by atoms with van der Waals surface area (Å²) in [5, 5.41) is 37.4. The molecule has 3 fully saturated rings. The SMILES string of the molecule is CCNC(=O)[C@H]1O[C@@H](n2cnc3c(NCC(c4ccccc4)c4ccccc4)nc(N4CC[C@@H](NC(=O)NC5CCNC5)C4)nc32)[C@H](O)[C@@H]1O. The molecule has 50 heavy (non-hydrogen) atoms. The molecule has 15 nitrogen and oxygen atoms in total. The zero-order valence-corrected chi connectivity index (χ0v) is 27.9. The fraction of sp³-hybridized carbons (Fsp3) is 0.457. The molecule has 7 rings (SSSR count). The Balaban J connectivity index is 1.19. The molecule has 0 radical (unpaired) electrons. The van der Waals surface area contributed by atoms with E-state index in [1.165, 1.54) is 6.33 Å². The second-order valence-electron chi connectivity index (χ2n) is 13.0. The van der Waals surface area contributed by atoms with E-state index in [-0.39, 0.29) is 24.0 Å². The van der Waals surface area contributed by atoms with E-state index < -0.39 is 30.4 Å². The van der Waals surface area contributed by atoms with Crippen LogP contribution in [0.4, 0.5) is 16.6 Å². The van der Waals surface area contributed by atoms with Crippen LogP contribution in [0.3, 0.4) is 0 Å². The van der Waals surface area contributed by atoms with Crippen LogP contribution in [0.25, 0.3) is 11.2 Å². The van der Waals surface area contributed by atoms with Crippen LogP contribution in [0.15, 0.2) is 67.0 Å². The number of aromatic nitrogens is 4. The number of nitrogens with one attached hydrogen (secondary N) is 5. The Hall–Kier alpha value is -4.83. The van der Waals surface area contributed by atoms with E-state index in [0.29, 0.717) is 55.5 Å². The van der Waals surface area contributed by atoms with Gasteiger partial charge in [0, 0.05) is 50.7 Å². The van der Waals surface area contributed by atoms with Gasteiger partial charge in [-0.25, -0.2) is 9.78 Å². The molecule has 15 heteroatoms. The molecular formula is C35H44N10O5. The third kappa shape index (κ3) is 7.07.